The number of nitrogens with one attached hydrogen (secondary N) is 1. The van der Waals surface area contributed by atoms with E-state index in [-0.39, 0.29) is 38.7 Å². The van der Waals surface area contributed by atoms with Gasteiger partial charge < -0.3 is 34.1 Å². The summed E-state index contributed by atoms with van der Waals surface area (Å²) in [6, 6.07) is 12.9. The molecule has 2 heterocycles. The summed E-state index contributed by atoms with van der Waals surface area (Å²) in [6.07, 6.45) is 4.69. The number of alkyl carbamates (subject to hydrolysis) is 1. The number of carboxylic acids is 1. The van der Waals surface area contributed by atoms with Crippen LogP contribution in [0.2, 0.25) is 0 Å². The van der Waals surface area contributed by atoms with E-state index in [1.807, 2.05) is 62.4 Å². The third kappa shape index (κ3) is 10.6. The van der Waals surface area contributed by atoms with Crippen LogP contribution in [0, 0.1) is 23.2 Å². The van der Waals surface area contributed by atoms with Crippen molar-refractivity contribution < 1.29 is 48.0 Å². The number of carbonyl (C=O) groups excluding carboxylic acids is 3. The molecule has 0 spiro atoms. The predicted octanol–water partition coefficient (Wildman–Crippen LogP) is 6.49. The van der Waals surface area contributed by atoms with Crippen LogP contribution in [0.1, 0.15) is 76.8 Å². The van der Waals surface area contributed by atoms with E-state index in [4.69, 9.17) is 23.7 Å². The molecule has 3 aromatic rings. The van der Waals surface area contributed by atoms with Gasteiger partial charge in [-0.3, -0.25) is 4.90 Å². The molecule has 288 valence electrons. The van der Waals surface area contributed by atoms with E-state index in [2.05, 4.69) is 22.1 Å². The highest BCUT2D eigenvalue weighted by atomic mass is 16.6. The highest BCUT2D eigenvalue weighted by Gasteiger charge is 2.43. The van der Waals surface area contributed by atoms with Gasteiger partial charge in [-0.25, -0.2) is 24.2 Å². The van der Waals surface area contributed by atoms with Crippen molar-refractivity contribution in [1.82, 2.24) is 15.2 Å². The molecule has 13 nitrogen and oxygen atoms in total. The molecule has 0 bridgehead atoms. The van der Waals surface area contributed by atoms with E-state index in [1.54, 1.807) is 20.2 Å². The van der Waals surface area contributed by atoms with Gasteiger partial charge in [0.1, 0.15) is 30.5 Å². The van der Waals surface area contributed by atoms with Crippen LogP contribution in [-0.4, -0.2) is 84.2 Å². The number of amides is 2. The zero-order chi connectivity index (χ0) is 38.7. The van der Waals surface area contributed by atoms with E-state index in [1.165, 1.54) is 4.90 Å². The molecule has 5 rings (SSSR count). The standard InChI is InChI=1S/C41H49N3O10/c1-5-51-38(47)33-23-31(24-44(33)40(49)52-25-27-13-8-6-9-14-27)54-36-32-21-30(34(50-4)22-29(32)18-20-42-36)17-12-19-41(2,3)26-53-39(48)43-35(37(45)46)28-15-10-7-11-16-28/h6,8-9,13-14,18,20-22,28,31,33,35H,5,7,10-11,15-16,19,23-26H2,1-4H3,(H,43,48)(H,45,46)/t31-,33+,35+/m1/s1. The summed E-state index contributed by atoms with van der Waals surface area (Å²) in [4.78, 5) is 56.4. The quantitative estimate of drug-likeness (QED) is 0.112. The molecule has 2 fully saturated rings. The molecule has 13 heteroatoms. The largest absolute Gasteiger partial charge is 0.495 e. The summed E-state index contributed by atoms with van der Waals surface area (Å²) < 4.78 is 28.3. The number of hydrogen-bond donors (Lipinski definition) is 2. The molecule has 3 atom stereocenters. The van der Waals surface area contributed by atoms with Gasteiger partial charge in [0, 0.05) is 29.8 Å². The highest BCUT2D eigenvalue weighted by Crippen LogP contribution is 2.33. The first-order chi connectivity index (χ1) is 26.0. The first kappa shape index (κ1) is 39.7. The van der Waals surface area contributed by atoms with E-state index >= 15 is 0 Å². The molecule has 2 N–H and O–H groups in total. The van der Waals surface area contributed by atoms with Gasteiger partial charge in [0.25, 0.3) is 0 Å². The van der Waals surface area contributed by atoms with E-state index in [0.29, 0.717) is 29.0 Å². The lowest BCUT2D eigenvalue weighted by Crippen LogP contribution is -2.47. The molecular formula is C41H49N3O10. The smallest absolute Gasteiger partial charge is 0.410 e. The second-order valence-corrected chi connectivity index (χ2v) is 14.4. The number of methoxy groups -OCH3 is 1. The molecule has 1 saturated carbocycles. The number of aliphatic carboxylic acids is 1. The number of pyridine rings is 1. The summed E-state index contributed by atoms with van der Waals surface area (Å²) in [6.45, 7) is 5.86. The summed E-state index contributed by atoms with van der Waals surface area (Å²) >= 11 is 0. The maximum absolute atomic E-state index is 13.2. The topological polar surface area (TPSA) is 163 Å². The SMILES string of the molecule is CCOC(=O)[C@@H]1C[C@@H](Oc2nccc3cc(OC)c(C#CCC(C)(C)COC(=O)N[C@H](C(=O)O)C4CCCCC4)cc23)CN1C(=O)OCc1ccccc1. The molecule has 54 heavy (non-hydrogen) atoms. The fourth-order valence-corrected chi connectivity index (χ4v) is 6.75. The van der Waals surface area contributed by atoms with Gasteiger partial charge in [0.15, 0.2) is 0 Å². The Morgan fingerprint density at radius 2 is 1.80 bits per heavy atom. The number of rotatable bonds is 13. The van der Waals surface area contributed by atoms with E-state index < -0.39 is 47.7 Å². The molecule has 1 aliphatic heterocycles. The number of fused-ring (bicyclic) bond motifs is 1. The molecule has 0 unspecified atom stereocenters. The van der Waals surface area contributed by atoms with Gasteiger partial charge in [0.2, 0.25) is 5.88 Å². The van der Waals surface area contributed by atoms with Gasteiger partial charge in [-0.05, 0) is 54.8 Å². The first-order valence-electron chi connectivity index (χ1n) is 18.4. The molecule has 1 aromatic heterocycles. The first-order valence-corrected chi connectivity index (χ1v) is 18.4. The number of benzene rings is 2. The Morgan fingerprint density at radius 1 is 1.04 bits per heavy atom. The van der Waals surface area contributed by atoms with Crippen molar-refractivity contribution in [2.75, 3.05) is 26.9 Å². The normalized spacial score (nSPS) is 17.8. The molecule has 1 aliphatic carbocycles. The number of likely N-dealkylation sites (tertiary alicyclic amines) is 1. The summed E-state index contributed by atoms with van der Waals surface area (Å²) in [5.74, 6) is 5.50. The monoisotopic (exact) mass is 743 g/mol. The number of ether oxygens (including phenoxy) is 5. The minimum Gasteiger partial charge on any atom is -0.495 e. The van der Waals surface area contributed by atoms with Crippen molar-refractivity contribution in [3.05, 3.63) is 65.9 Å². The van der Waals surface area contributed by atoms with Gasteiger partial charge in [-0.2, -0.15) is 0 Å². The number of carbonyl (C=O) groups is 4. The number of nitrogens with zero attached hydrogens (tertiary/aromatic N) is 2. The lowest BCUT2D eigenvalue weighted by atomic mass is 9.84. The van der Waals surface area contributed by atoms with Crippen molar-refractivity contribution in [3.63, 3.8) is 0 Å². The number of carboxylic acid groups (broad SMARTS) is 1. The van der Waals surface area contributed by atoms with E-state index in [9.17, 15) is 24.3 Å². The molecular weight excluding hydrogens is 694 g/mol. The molecule has 2 aromatic carbocycles. The Morgan fingerprint density at radius 3 is 2.50 bits per heavy atom. The summed E-state index contributed by atoms with van der Waals surface area (Å²) in [5.41, 5.74) is 0.857. The fourth-order valence-electron chi connectivity index (χ4n) is 6.75. The van der Waals surface area contributed by atoms with Crippen LogP contribution in [-0.2, 0) is 30.4 Å². The van der Waals surface area contributed by atoms with Crippen molar-refractivity contribution in [2.24, 2.45) is 11.3 Å². The van der Waals surface area contributed by atoms with Gasteiger partial charge in [-0.1, -0.05) is 75.3 Å². The number of hydrogen-bond acceptors (Lipinski definition) is 10. The van der Waals surface area contributed by atoms with Crippen LogP contribution in [0.4, 0.5) is 9.59 Å². The van der Waals surface area contributed by atoms with Crippen LogP contribution in [0.3, 0.4) is 0 Å². The Hall–Kier alpha value is -5.51. The van der Waals surface area contributed by atoms with Crippen molar-refractivity contribution in [3.8, 4) is 23.5 Å². The maximum Gasteiger partial charge on any atom is 0.410 e. The van der Waals surface area contributed by atoms with Crippen LogP contribution in [0.15, 0.2) is 54.7 Å². The molecule has 1 saturated heterocycles. The summed E-state index contributed by atoms with van der Waals surface area (Å²) in [7, 11) is 1.55. The highest BCUT2D eigenvalue weighted by molar-refractivity contribution is 5.90. The zero-order valence-electron chi connectivity index (χ0n) is 31.3. The van der Waals surface area contributed by atoms with Crippen LogP contribution < -0.4 is 14.8 Å². The lowest BCUT2D eigenvalue weighted by Gasteiger charge is -2.28. The molecule has 2 amide bonds. The third-order valence-electron chi connectivity index (χ3n) is 9.63. The molecule has 0 radical (unpaired) electrons. The Kier molecular flexibility index (Phi) is 13.6. The second kappa shape index (κ2) is 18.5. The fraction of sp³-hybridized carbons (Fsp3) is 0.488. The number of aromatic nitrogens is 1. The summed E-state index contributed by atoms with van der Waals surface area (Å²) in [5, 5.41) is 13.7. The van der Waals surface area contributed by atoms with Crippen LogP contribution >= 0.6 is 0 Å². The lowest BCUT2D eigenvalue weighted by molar-refractivity contribution is -0.148. The zero-order valence-corrected chi connectivity index (χ0v) is 31.3. The average molecular weight is 744 g/mol. The Balaban J connectivity index is 1.25. The van der Waals surface area contributed by atoms with Crippen molar-refractivity contribution in [1.29, 1.82) is 0 Å². The van der Waals surface area contributed by atoms with Crippen molar-refractivity contribution in [2.45, 2.75) is 90.5 Å². The number of esters is 1. The minimum absolute atomic E-state index is 0.0340. The van der Waals surface area contributed by atoms with Gasteiger partial charge >= 0.3 is 24.1 Å². The van der Waals surface area contributed by atoms with E-state index in [0.717, 1.165) is 43.1 Å². The predicted molar refractivity (Wildman–Crippen MR) is 199 cm³/mol. The van der Waals surface area contributed by atoms with Crippen LogP contribution in [0.25, 0.3) is 10.8 Å². The Labute approximate surface area is 315 Å². The van der Waals surface area contributed by atoms with Gasteiger partial charge in [0.05, 0.1) is 32.4 Å². The second-order valence-electron chi connectivity index (χ2n) is 14.4. The van der Waals surface area contributed by atoms with Crippen molar-refractivity contribution >= 4 is 34.9 Å². The third-order valence-corrected chi connectivity index (χ3v) is 9.63. The average Bonchev–Trinajstić information content (AvgIpc) is 3.60. The minimum atomic E-state index is -1.05. The Bertz CT molecular complexity index is 1850. The van der Waals surface area contributed by atoms with Crippen LogP contribution in [0.5, 0.6) is 11.6 Å². The molecule has 2 aliphatic rings. The van der Waals surface area contributed by atoms with Gasteiger partial charge in [-0.15, -0.1) is 0 Å². The maximum atomic E-state index is 13.2.